The molecule has 0 aliphatic rings. The molecule has 3 nitrogen and oxygen atoms in total. The second kappa shape index (κ2) is 13.3. The Hall–Kier alpha value is -3.72. The average molecular weight is 566 g/mol. The van der Waals surface area contributed by atoms with Gasteiger partial charge in [-0.05, 0) is 34.1 Å². The van der Waals surface area contributed by atoms with Crippen molar-refractivity contribution in [2.24, 2.45) is 4.99 Å². The number of ether oxygens (including phenoxy) is 2. The molecule has 4 aromatic carbocycles. The van der Waals surface area contributed by atoms with Crippen molar-refractivity contribution in [3.05, 3.63) is 107 Å². The second-order valence-corrected chi connectivity index (χ2v) is 16.9. The van der Waals surface area contributed by atoms with E-state index in [-0.39, 0.29) is 12.6 Å². The predicted molar refractivity (Wildman–Crippen MR) is 173 cm³/mol. The molecule has 0 atom stereocenters. The molecule has 0 amide bonds. The minimum Gasteiger partial charge on any atom is -0.467 e. The predicted octanol–water partition coefficient (Wildman–Crippen LogP) is 9.70. The Morgan fingerprint density at radius 1 is 0.805 bits per heavy atom. The van der Waals surface area contributed by atoms with Gasteiger partial charge in [0.05, 0.1) is 17.0 Å². The summed E-state index contributed by atoms with van der Waals surface area (Å²) in [6, 6.07) is 27.1. The number of hydrogen-bond acceptors (Lipinski definition) is 3. The van der Waals surface area contributed by atoms with Gasteiger partial charge in [0.25, 0.3) is 0 Å². The summed E-state index contributed by atoms with van der Waals surface area (Å²) >= 11 is 0. The van der Waals surface area contributed by atoms with Crippen LogP contribution in [-0.4, -0.2) is 27.7 Å². The highest BCUT2D eigenvalue weighted by Crippen LogP contribution is 2.41. The molecule has 0 saturated heterocycles. The Morgan fingerprint density at radius 2 is 1.37 bits per heavy atom. The molecule has 0 spiro atoms. The number of methoxy groups -OCH3 is 1. The van der Waals surface area contributed by atoms with Gasteiger partial charge in [-0.25, -0.2) is 9.38 Å². The molecule has 212 valence electrons. The summed E-state index contributed by atoms with van der Waals surface area (Å²) in [7, 11) is -0.525. The van der Waals surface area contributed by atoms with Crippen molar-refractivity contribution in [1.29, 1.82) is 0 Å². The quantitative estimate of drug-likeness (QED) is 0.0875. The smallest absolute Gasteiger partial charge is 0.188 e. The van der Waals surface area contributed by atoms with Crippen molar-refractivity contribution < 1.29 is 13.9 Å². The summed E-state index contributed by atoms with van der Waals surface area (Å²) in [5, 5.41) is 1.50. The molecule has 0 aliphatic heterocycles. The van der Waals surface area contributed by atoms with E-state index in [1.165, 1.54) is 6.07 Å². The summed E-state index contributed by atoms with van der Waals surface area (Å²) in [6.07, 6.45) is 0. The summed E-state index contributed by atoms with van der Waals surface area (Å²) < 4.78 is 26.8. The third-order valence-electron chi connectivity index (χ3n) is 7.96. The lowest BCUT2D eigenvalue weighted by molar-refractivity contribution is 0.0512. The van der Waals surface area contributed by atoms with Gasteiger partial charge >= 0.3 is 0 Å². The lowest BCUT2D eigenvalue weighted by Crippen LogP contribution is -2.43. The molecule has 0 bridgehead atoms. The van der Waals surface area contributed by atoms with Gasteiger partial charge in [-0.2, -0.15) is 0 Å². The third-order valence-corrected chi connectivity index (χ3v) is 14.2. The van der Waals surface area contributed by atoms with Crippen molar-refractivity contribution in [3.63, 3.8) is 0 Å². The van der Waals surface area contributed by atoms with Crippen molar-refractivity contribution in [2.75, 3.05) is 13.9 Å². The van der Waals surface area contributed by atoms with Crippen LogP contribution in [0.15, 0.2) is 89.9 Å². The molecule has 41 heavy (non-hydrogen) atoms. The van der Waals surface area contributed by atoms with Gasteiger partial charge in [0, 0.05) is 29.7 Å². The topological polar surface area (TPSA) is 30.8 Å². The fourth-order valence-electron chi connectivity index (χ4n) is 6.02. The first kappa shape index (κ1) is 30.2. The highest BCUT2D eigenvalue weighted by Gasteiger charge is 2.41. The molecule has 4 rings (SSSR count). The molecule has 5 heteroatoms. The van der Waals surface area contributed by atoms with Crippen LogP contribution in [0.3, 0.4) is 0 Å². The van der Waals surface area contributed by atoms with Gasteiger partial charge in [-0.15, -0.1) is 5.54 Å². The lowest BCUT2D eigenvalue weighted by Gasteiger charge is -2.38. The number of hydrogen-bond donors (Lipinski definition) is 0. The third kappa shape index (κ3) is 6.45. The highest BCUT2D eigenvalue weighted by molar-refractivity contribution is 6.90. The van der Waals surface area contributed by atoms with E-state index in [9.17, 15) is 0 Å². The number of halogens is 1. The van der Waals surface area contributed by atoms with Crippen LogP contribution in [0.2, 0.25) is 16.6 Å². The molecule has 4 aromatic rings. The number of benzene rings is 4. The van der Waals surface area contributed by atoms with E-state index in [1.54, 1.807) is 13.2 Å². The minimum atomic E-state index is -2.11. The Bertz CT molecular complexity index is 1500. The monoisotopic (exact) mass is 565 g/mol. The molecule has 0 saturated carbocycles. The van der Waals surface area contributed by atoms with Crippen molar-refractivity contribution in [1.82, 2.24) is 0 Å². The van der Waals surface area contributed by atoms with E-state index in [2.05, 4.69) is 53.0 Å². The van der Waals surface area contributed by atoms with Crippen LogP contribution < -0.4 is 4.74 Å². The van der Waals surface area contributed by atoms with Gasteiger partial charge in [0.1, 0.15) is 19.6 Å². The van der Waals surface area contributed by atoms with Crippen molar-refractivity contribution in [3.8, 4) is 17.2 Å². The van der Waals surface area contributed by atoms with Gasteiger partial charge in [-0.1, -0.05) is 114 Å². The maximum atomic E-state index is 15.8. The van der Waals surface area contributed by atoms with E-state index >= 15 is 4.39 Å². The molecule has 0 aromatic heterocycles. The molecule has 0 aliphatic carbocycles. The summed E-state index contributed by atoms with van der Waals surface area (Å²) in [4.78, 5) is 5.22. The Morgan fingerprint density at radius 3 is 1.88 bits per heavy atom. The normalized spacial score (nSPS) is 11.6. The summed E-state index contributed by atoms with van der Waals surface area (Å²) in [5.74, 6) is 3.65. The average Bonchev–Trinajstić information content (AvgIpc) is 2.96. The highest BCUT2D eigenvalue weighted by atomic mass is 28.3. The number of rotatable bonds is 9. The molecule has 0 radical (unpaired) electrons. The molecule has 0 unspecified atom stereocenters. The maximum absolute atomic E-state index is 15.8. The van der Waals surface area contributed by atoms with Gasteiger partial charge < -0.3 is 9.47 Å². The van der Waals surface area contributed by atoms with Crippen LogP contribution >= 0.6 is 0 Å². The first-order chi connectivity index (χ1) is 19.7. The molecular formula is C36H40FNO2Si. The van der Waals surface area contributed by atoms with Crippen LogP contribution in [0.5, 0.6) is 5.75 Å². The Kier molecular flexibility index (Phi) is 9.80. The summed E-state index contributed by atoms with van der Waals surface area (Å²) in [5.41, 5.74) is 8.72. The molecule has 0 fully saturated rings. The largest absolute Gasteiger partial charge is 0.467 e. The second-order valence-electron chi connectivity index (χ2n) is 11.4. The number of aliphatic imine (C=N–C) groups is 1. The van der Waals surface area contributed by atoms with Crippen LogP contribution in [0.4, 0.5) is 10.1 Å². The fourth-order valence-corrected chi connectivity index (χ4v) is 11.2. The van der Waals surface area contributed by atoms with Crippen molar-refractivity contribution in [2.45, 2.75) is 58.2 Å². The van der Waals surface area contributed by atoms with Crippen LogP contribution in [0.1, 0.15) is 58.2 Å². The van der Waals surface area contributed by atoms with Gasteiger partial charge in [0.15, 0.2) is 6.79 Å². The zero-order valence-electron chi connectivity index (χ0n) is 25.2. The lowest BCUT2D eigenvalue weighted by atomic mass is 10.00. The Balaban J connectivity index is 2.07. The first-order valence-corrected chi connectivity index (χ1v) is 16.5. The number of fused-ring (bicyclic) bond motifs is 1. The fraction of sp³-hybridized carbons (Fsp3) is 0.306. The standard InChI is InChI=1S/C36H40FNO2Si/c1-25(2)41(26(3)4,27(5)6)21-20-32-33(37)19-18-30-22-31(40-24-39-7)23-34(35(30)32)38-36(28-14-10-8-11-15-28)29-16-12-9-13-17-29/h8-19,22-23,25-27H,24H2,1-7H3. The maximum Gasteiger partial charge on any atom is 0.188 e. The Labute approximate surface area is 245 Å². The van der Waals surface area contributed by atoms with Gasteiger partial charge in [-0.3, -0.25) is 0 Å². The van der Waals surface area contributed by atoms with E-state index in [0.717, 1.165) is 22.2 Å². The zero-order valence-corrected chi connectivity index (χ0v) is 26.2. The SMILES string of the molecule is COCOc1cc(N=C(c2ccccc2)c2ccccc2)c2c(C#C[Si](C(C)C)(C(C)C)C(C)C)c(F)ccc2c1. The summed E-state index contributed by atoms with van der Waals surface area (Å²) in [6.45, 7) is 13.7. The van der Waals surface area contributed by atoms with Crippen LogP contribution in [0.25, 0.3) is 10.8 Å². The van der Waals surface area contributed by atoms with E-state index in [1.807, 2.05) is 72.8 Å². The number of nitrogens with zero attached hydrogens (tertiary/aromatic N) is 1. The van der Waals surface area contributed by atoms with Crippen molar-refractivity contribution >= 4 is 30.2 Å². The minimum absolute atomic E-state index is 0.0953. The van der Waals surface area contributed by atoms with Crippen LogP contribution in [0, 0.1) is 17.3 Å². The molecule has 0 heterocycles. The van der Waals surface area contributed by atoms with Gasteiger partial charge in [0.2, 0.25) is 0 Å². The zero-order chi connectivity index (χ0) is 29.6. The molecular weight excluding hydrogens is 525 g/mol. The van der Waals surface area contributed by atoms with E-state index in [0.29, 0.717) is 39.0 Å². The van der Waals surface area contributed by atoms with E-state index in [4.69, 9.17) is 14.5 Å². The van der Waals surface area contributed by atoms with Crippen LogP contribution in [-0.2, 0) is 4.74 Å². The molecule has 0 N–H and O–H groups in total. The van der Waals surface area contributed by atoms with E-state index < -0.39 is 8.07 Å². The first-order valence-electron chi connectivity index (χ1n) is 14.3.